The Hall–Kier alpha value is -2.18. The number of carbonyl (C=O) groups is 1. The van der Waals surface area contributed by atoms with Crippen LogP contribution >= 0.6 is 0 Å². The standard InChI is InChI=1S/C20H26N4O2/c25-19(16-23-12-6-9-21-23)24-13-14-26-18(15-22-10-4-5-11-22)20(24)17-7-2-1-3-8-17/h1-3,6-9,12,18,20H,4-5,10-11,13-16H2/t18-,20-/m0/s1. The number of morpholine rings is 1. The Balaban J connectivity index is 1.57. The number of likely N-dealkylation sites (tertiary alicyclic amines) is 1. The second-order valence-corrected chi connectivity index (χ2v) is 7.06. The molecule has 0 bridgehead atoms. The summed E-state index contributed by atoms with van der Waals surface area (Å²) >= 11 is 0. The SMILES string of the molecule is O=C(Cn1cccn1)N1CCO[C@@H](CN2CCCC2)[C@@H]1c1ccccc1. The van der Waals surface area contributed by atoms with Gasteiger partial charge in [0.1, 0.15) is 6.54 Å². The van der Waals surface area contributed by atoms with Gasteiger partial charge < -0.3 is 14.5 Å². The average Bonchev–Trinajstić information content (AvgIpc) is 3.36. The Morgan fingerprint density at radius 2 is 1.92 bits per heavy atom. The predicted molar refractivity (Wildman–Crippen MR) is 98.5 cm³/mol. The second kappa shape index (κ2) is 8.01. The maximum absolute atomic E-state index is 13.0. The van der Waals surface area contributed by atoms with E-state index in [0.29, 0.717) is 13.2 Å². The van der Waals surface area contributed by atoms with Crippen molar-refractivity contribution in [2.75, 3.05) is 32.8 Å². The maximum Gasteiger partial charge on any atom is 0.244 e. The van der Waals surface area contributed by atoms with Gasteiger partial charge in [-0.2, -0.15) is 5.10 Å². The fraction of sp³-hybridized carbons (Fsp3) is 0.500. The Morgan fingerprint density at radius 3 is 2.65 bits per heavy atom. The van der Waals surface area contributed by atoms with E-state index in [1.54, 1.807) is 10.9 Å². The normalized spacial score (nSPS) is 24.1. The van der Waals surface area contributed by atoms with Gasteiger partial charge in [0.05, 0.1) is 18.8 Å². The molecular weight excluding hydrogens is 328 g/mol. The summed E-state index contributed by atoms with van der Waals surface area (Å²) in [5.74, 6) is 0.0947. The van der Waals surface area contributed by atoms with Crippen LogP contribution in [0, 0.1) is 0 Å². The van der Waals surface area contributed by atoms with Crippen LogP contribution in [0.15, 0.2) is 48.8 Å². The number of hydrogen-bond donors (Lipinski definition) is 0. The number of benzene rings is 1. The Morgan fingerprint density at radius 1 is 1.12 bits per heavy atom. The van der Waals surface area contributed by atoms with Crippen molar-refractivity contribution in [2.24, 2.45) is 0 Å². The first-order chi connectivity index (χ1) is 12.8. The lowest BCUT2D eigenvalue weighted by atomic mass is 9.97. The molecular formula is C20H26N4O2. The summed E-state index contributed by atoms with van der Waals surface area (Å²) in [4.78, 5) is 17.5. The summed E-state index contributed by atoms with van der Waals surface area (Å²) in [5.41, 5.74) is 1.14. The molecule has 1 aromatic heterocycles. The van der Waals surface area contributed by atoms with E-state index in [1.165, 1.54) is 12.8 Å². The molecule has 0 radical (unpaired) electrons. The van der Waals surface area contributed by atoms with Gasteiger partial charge in [0.2, 0.25) is 5.91 Å². The van der Waals surface area contributed by atoms with E-state index in [-0.39, 0.29) is 24.6 Å². The van der Waals surface area contributed by atoms with E-state index in [1.807, 2.05) is 35.4 Å². The minimum absolute atomic E-state index is 0.00539. The van der Waals surface area contributed by atoms with Crippen LogP contribution in [0.2, 0.25) is 0 Å². The van der Waals surface area contributed by atoms with Crippen molar-refractivity contribution in [3.8, 4) is 0 Å². The van der Waals surface area contributed by atoms with Gasteiger partial charge in [-0.15, -0.1) is 0 Å². The maximum atomic E-state index is 13.0. The van der Waals surface area contributed by atoms with E-state index < -0.39 is 0 Å². The highest BCUT2D eigenvalue weighted by molar-refractivity contribution is 5.76. The predicted octanol–water partition coefficient (Wildman–Crippen LogP) is 1.95. The molecule has 2 fully saturated rings. The van der Waals surface area contributed by atoms with Crippen LogP contribution in [0.4, 0.5) is 0 Å². The van der Waals surface area contributed by atoms with E-state index in [4.69, 9.17) is 4.74 Å². The van der Waals surface area contributed by atoms with Crippen LogP contribution < -0.4 is 0 Å². The number of aromatic nitrogens is 2. The lowest BCUT2D eigenvalue weighted by molar-refractivity contribution is -0.149. The van der Waals surface area contributed by atoms with Crippen molar-refractivity contribution in [2.45, 2.75) is 31.5 Å². The van der Waals surface area contributed by atoms with Gasteiger partial charge in [0.15, 0.2) is 0 Å². The molecule has 2 saturated heterocycles. The number of hydrogen-bond acceptors (Lipinski definition) is 4. The zero-order chi connectivity index (χ0) is 17.8. The molecule has 2 aliphatic rings. The summed E-state index contributed by atoms with van der Waals surface area (Å²) < 4.78 is 7.85. The quantitative estimate of drug-likeness (QED) is 0.824. The highest BCUT2D eigenvalue weighted by Gasteiger charge is 2.37. The van der Waals surface area contributed by atoms with E-state index in [0.717, 1.165) is 25.2 Å². The number of amides is 1. The zero-order valence-electron chi connectivity index (χ0n) is 15.0. The van der Waals surface area contributed by atoms with Gasteiger partial charge in [-0.1, -0.05) is 30.3 Å². The van der Waals surface area contributed by atoms with Crippen LogP contribution in [0.25, 0.3) is 0 Å². The van der Waals surface area contributed by atoms with E-state index in [2.05, 4.69) is 22.1 Å². The van der Waals surface area contributed by atoms with Gasteiger partial charge in [-0.3, -0.25) is 9.48 Å². The summed E-state index contributed by atoms with van der Waals surface area (Å²) in [6.07, 6.45) is 6.05. The minimum atomic E-state index is -0.0476. The lowest BCUT2D eigenvalue weighted by Crippen LogP contribution is -2.52. The fourth-order valence-corrected chi connectivity index (χ4v) is 4.05. The second-order valence-electron chi connectivity index (χ2n) is 7.06. The molecule has 2 aliphatic heterocycles. The summed E-state index contributed by atoms with van der Waals surface area (Å²) in [5, 5.41) is 4.18. The van der Waals surface area contributed by atoms with Gasteiger partial charge in [-0.05, 0) is 37.6 Å². The molecule has 26 heavy (non-hydrogen) atoms. The first-order valence-electron chi connectivity index (χ1n) is 9.47. The van der Waals surface area contributed by atoms with Crippen molar-refractivity contribution < 1.29 is 9.53 Å². The van der Waals surface area contributed by atoms with Gasteiger partial charge in [0.25, 0.3) is 0 Å². The summed E-state index contributed by atoms with van der Waals surface area (Å²) in [6, 6.07) is 12.1. The van der Waals surface area contributed by atoms with Crippen LogP contribution in [-0.2, 0) is 16.1 Å². The summed E-state index contributed by atoms with van der Waals surface area (Å²) in [6.45, 7) is 4.62. The molecule has 0 saturated carbocycles. The molecule has 0 N–H and O–H groups in total. The number of carbonyl (C=O) groups excluding carboxylic acids is 1. The molecule has 4 rings (SSSR count). The van der Waals surface area contributed by atoms with Gasteiger partial charge in [0, 0.05) is 25.5 Å². The number of ether oxygens (including phenoxy) is 1. The monoisotopic (exact) mass is 354 g/mol. The number of nitrogens with zero attached hydrogens (tertiary/aromatic N) is 4. The molecule has 0 spiro atoms. The van der Waals surface area contributed by atoms with Crippen molar-refractivity contribution in [1.82, 2.24) is 19.6 Å². The largest absolute Gasteiger partial charge is 0.373 e. The molecule has 138 valence electrons. The third kappa shape index (κ3) is 3.81. The van der Waals surface area contributed by atoms with Crippen molar-refractivity contribution >= 4 is 5.91 Å². The van der Waals surface area contributed by atoms with Crippen LogP contribution in [0.5, 0.6) is 0 Å². The third-order valence-electron chi connectivity index (χ3n) is 5.31. The Labute approximate surface area is 154 Å². The topological polar surface area (TPSA) is 50.6 Å². The minimum Gasteiger partial charge on any atom is -0.373 e. The zero-order valence-corrected chi connectivity index (χ0v) is 15.0. The summed E-state index contributed by atoms with van der Waals surface area (Å²) in [7, 11) is 0. The molecule has 1 aromatic carbocycles. The van der Waals surface area contributed by atoms with Crippen LogP contribution in [-0.4, -0.2) is 64.4 Å². The molecule has 0 unspecified atom stereocenters. The van der Waals surface area contributed by atoms with Crippen LogP contribution in [0.1, 0.15) is 24.4 Å². The smallest absolute Gasteiger partial charge is 0.244 e. The molecule has 2 atom stereocenters. The fourth-order valence-electron chi connectivity index (χ4n) is 4.05. The lowest BCUT2D eigenvalue weighted by Gasteiger charge is -2.42. The van der Waals surface area contributed by atoms with Crippen molar-refractivity contribution in [3.63, 3.8) is 0 Å². The highest BCUT2D eigenvalue weighted by Crippen LogP contribution is 2.31. The molecule has 0 aliphatic carbocycles. The van der Waals surface area contributed by atoms with Gasteiger partial charge >= 0.3 is 0 Å². The first kappa shape index (κ1) is 17.2. The highest BCUT2D eigenvalue weighted by atomic mass is 16.5. The first-order valence-corrected chi connectivity index (χ1v) is 9.47. The van der Waals surface area contributed by atoms with Crippen molar-refractivity contribution in [1.29, 1.82) is 0 Å². The third-order valence-corrected chi connectivity index (χ3v) is 5.31. The number of rotatable bonds is 5. The average molecular weight is 354 g/mol. The molecule has 6 heteroatoms. The molecule has 6 nitrogen and oxygen atoms in total. The van der Waals surface area contributed by atoms with E-state index in [9.17, 15) is 4.79 Å². The Bertz CT molecular complexity index is 698. The van der Waals surface area contributed by atoms with Gasteiger partial charge in [-0.25, -0.2) is 0 Å². The molecule has 1 amide bonds. The van der Waals surface area contributed by atoms with E-state index >= 15 is 0 Å². The van der Waals surface area contributed by atoms with Crippen LogP contribution in [0.3, 0.4) is 0 Å². The molecule has 2 aromatic rings. The van der Waals surface area contributed by atoms with Crippen molar-refractivity contribution in [3.05, 3.63) is 54.4 Å². The molecule has 3 heterocycles. The Kier molecular flexibility index (Phi) is 5.32.